The molecule has 0 atom stereocenters. The first kappa shape index (κ1) is 13.8. The summed E-state index contributed by atoms with van der Waals surface area (Å²) in [6.45, 7) is 7.34. The third-order valence-electron chi connectivity index (χ3n) is 3.51. The highest BCUT2D eigenvalue weighted by Crippen LogP contribution is 2.35. The van der Waals surface area contributed by atoms with Gasteiger partial charge >= 0.3 is 0 Å². The summed E-state index contributed by atoms with van der Waals surface area (Å²) in [4.78, 5) is 3.85. The Hall–Kier alpha value is -0.670. The zero-order chi connectivity index (χ0) is 13.0. The van der Waals surface area contributed by atoms with E-state index < -0.39 is 0 Å². The molecule has 1 aromatic carbocycles. The van der Waals surface area contributed by atoms with Crippen LogP contribution < -0.4 is 10.6 Å². The standard InChI is InChI=1S/C15H24N2S/c1-3-17(11-12-8-9-12)14-6-5-7-15(18-4-2)13(14)10-16/h5-7,12H,3-4,8-11,16H2,1-2H3. The number of thioether (sulfide) groups is 1. The quantitative estimate of drug-likeness (QED) is 0.764. The lowest BCUT2D eigenvalue weighted by atomic mass is 10.1. The number of rotatable bonds is 7. The summed E-state index contributed by atoms with van der Waals surface area (Å²) in [7, 11) is 0. The van der Waals surface area contributed by atoms with Crippen LogP contribution in [0.3, 0.4) is 0 Å². The van der Waals surface area contributed by atoms with Gasteiger partial charge in [0.05, 0.1) is 0 Å². The van der Waals surface area contributed by atoms with E-state index in [1.54, 1.807) is 0 Å². The fraction of sp³-hybridized carbons (Fsp3) is 0.600. The molecule has 1 aromatic rings. The van der Waals surface area contributed by atoms with Crippen molar-refractivity contribution >= 4 is 17.4 Å². The van der Waals surface area contributed by atoms with Gasteiger partial charge < -0.3 is 10.6 Å². The molecule has 1 aliphatic carbocycles. The molecule has 1 aliphatic rings. The highest BCUT2D eigenvalue weighted by molar-refractivity contribution is 7.99. The average molecular weight is 264 g/mol. The lowest BCUT2D eigenvalue weighted by Crippen LogP contribution is -2.27. The molecular weight excluding hydrogens is 240 g/mol. The van der Waals surface area contributed by atoms with Crippen molar-refractivity contribution in [3.05, 3.63) is 23.8 Å². The van der Waals surface area contributed by atoms with Crippen LogP contribution in [0.25, 0.3) is 0 Å². The monoisotopic (exact) mass is 264 g/mol. The number of benzene rings is 1. The average Bonchev–Trinajstić information content (AvgIpc) is 3.20. The Bertz CT molecular complexity index is 388. The normalized spacial score (nSPS) is 14.8. The largest absolute Gasteiger partial charge is 0.371 e. The van der Waals surface area contributed by atoms with E-state index in [1.807, 2.05) is 11.8 Å². The molecule has 2 nitrogen and oxygen atoms in total. The second-order valence-electron chi connectivity index (χ2n) is 4.87. The molecule has 0 spiro atoms. The predicted molar refractivity (Wildman–Crippen MR) is 81.3 cm³/mol. The first-order valence-corrected chi connectivity index (χ1v) is 7.98. The summed E-state index contributed by atoms with van der Waals surface area (Å²) in [5.41, 5.74) is 8.66. The second-order valence-corrected chi connectivity index (χ2v) is 6.18. The second kappa shape index (κ2) is 6.48. The van der Waals surface area contributed by atoms with Crippen molar-refractivity contribution < 1.29 is 0 Å². The van der Waals surface area contributed by atoms with Crippen molar-refractivity contribution in [2.75, 3.05) is 23.7 Å². The smallest absolute Gasteiger partial charge is 0.0423 e. The van der Waals surface area contributed by atoms with Crippen molar-refractivity contribution in [2.45, 2.75) is 38.1 Å². The number of anilines is 1. The molecule has 0 aromatic heterocycles. The zero-order valence-corrected chi connectivity index (χ0v) is 12.3. The van der Waals surface area contributed by atoms with Crippen molar-refractivity contribution in [3.8, 4) is 0 Å². The number of nitrogens with zero attached hydrogens (tertiary/aromatic N) is 1. The molecule has 1 fully saturated rings. The van der Waals surface area contributed by atoms with Gasteiger partial charge in [-0.3, -0.25) is 0 Å². The van der Waals surface area contributed by atoms with Crippen LogP contribution in [-0.2, 0) is 6.54 Å². The Morgan fingerprint density at radius 3 is 2.67 bits per heavy atom. The Morgan fingerprint density at radius 2 is 2.11 bits per heavy atom. The molecule has 0 amide bonds. The maximum atomic E-state index is 5.98. The molecule has 0 radical (unpaired) electrons. The van der Waals surface area contributed by atoms with Crippen LogP contribution in [0.5, 0.6) is 0 Å². The molecule has 0 aliphatic heterocycles. The third-order valence-corrected chi connectivity index (χ3v) is 4.49. The number of hydrogen-bond donors (Lipinski definition) is 1. The Balaban J connectivity index is 2.25. The molecule has 100 valence electrons. The van der Waals surface area contributed by atoms with Crippen LogP contribution in [0.2, 0.25) is 0 Å². The van der Waals surface area contributed by atoms with E-state index in [1.165, 1.54) is 35.5 Å². The molecule has 2 rings (SSSR count). The van der Waals surface area contributed by atoms with Gasteiger partial charge in [0.15, 0.2) is 0 Å². The molecule has 0 heterocycles. The van der Waals surface area contributed by atoms with Crippen LogP contribution in [0.1, 0.15) is 32.3 Å². The SMILES string of the molecule is CCSc1cccc(N(CC)CC2CC2)c1CN. The van der Waals surface area contributed by atoms with Crippen molar-refractivity contribution in [1.29, 1.82) is 0 Å². The Kier molecular flexibility index (Phi) is 4.95. The molecule has 0 bridgehead atoms. The van der Waals surface area contributed by atoms with Gasteiger partial charge in [-0.25, -0.2) is 0 Å². The molecule has 0 unspecified atom stereocenters. The summed E-state index contributed by atoms with van der Waals surface area (Å²) in [6.07, 6.45) is 2.80. The Morgan fingerprint density at radius 1 is 1.33 bits per heavy atom. The van der Waals surface area contributed by atoms with E-state index in [2.05, 4.69) is 36.9 Å². The van der Waals surface area contributed by atoms with E-state index in [0.29, 0.717) is 6.54 Å². The highest BCUT2D eigenvalue weighted by atomic mass is 32.2. The van der Waals surface area contributed by atoms with Crippen molar-refractivity contribution in [3.63, 3.8) is 0 Å². The number of nitrogens with two attached hydrogens (primary N) is 1. The zero-order valence-electron chi connectivity index (χ0n) is 11.5. The van der Waals surface area contributed by atoms with Gasteiger partial charge in [0.25, 0.3) is 0 Å². The first-order valence-electron chi connectivity index (χ1n) is 6.99. The highest BCUT2D eigenvalue weighted by Gasteiger charge is 2.25. The molecule has 3 heteroatoms. The van der Waals surface area contributed by atoms with E-state index >= 15 is 0 Å². The molecule has 0 saturated heterocycles. The van der Waals surface area contributed by atoms with Crippen molar-refractivity contribution in [1.82, 2.24) is 0 Å². The maximum Gasteiger partial charge on any atom is 0.0423 e. The maximum absolute atomic E-state index is 5.98. The fourth-order valence-corrected chi connectivity index (χ4v) is 3.20. The Labute approximate surface area is 115 Å². The van der Waals surface area contributed by atoms with Crippen molar-refractivity contribution in [2.24, 2.45) is 11.7 Å². The molecule has 18 heavy (non-hydrogen) atoms. The lowest BCUT2D eigenvalue weighted by molar-refractivity contribution is 0.735. The molecular formula is C15H24N2S. The lowest BCUT2D eigenvalue weighted by Gasteiger charge is -2.26. The summed E-state index contributed by atoms with van der Waals surface area (Å²) in [5.74, 6) is 2.02. The van der Waals surface area contributed by atoms with E-state index in [4.69, 9.17) is 5.73 Å². The topological polar surface area (TPSA) is 29.3 Å². The van der Waals surface area contributed by atoms with Crippen LogP contribution in [0, 0.1) is 5.92 Å². The predicted octanol–water partition coefficient (Wildman–Crippen LogP) is 3.49. The minimum absolute atomic E-state index is 0.639. The fourth-order valence-electron chi connectivity index (χ4n) is 2.36. The van der Waals surface area contributed by atoms with Crippen LogP contribution in [0.4, 0.5) is 5.69 Å². The van der Waals surface area contributed by atoms with Gasteiger partial charge in [0.1, 0.15) is 0 Å². The molecule has 1 saturated carbocycles. The minimum atomic E-state index is 0.639. The van der Waals surface area contributed by atoms with Crippen LogP contribution in [0.15, 0.2) is 23.1 Å². The van der Waals surface area contributed by atoms with Gasteiger partial charge in [-0.1, -0.05) is 13.0 Å². The number of hydrogen-bond acceptors (Lipinski definition) is 3. The summed E-state index contributed by atoms with van der Waals surface area (Å²) >= 11 is 1.90. The van der Waals surface area contributed by atoms with Gasteiger partial charge in [-0.05, 0) is 43.6 Å². The van der Waals surface area contributed by atoms with E-state index in [0.717, 1.165) is 18.2 Å². The van der Waals surface area contributed by atoms with E-state index in [-0.39, 0.29) is 0 Å². The molecule has 2 N–H and O–H groups in total. The summed E-state index contributed by atoms with van der Waals surface area (Å²) in [5, 5.41) is 0. The summed E-state index contributed by atoms with van der Waals surface area (Å²) < 4.78 is 0. The van der Waals surface area contributed by atoms with Crippen LogP contribution >= 0.6 is 11.8 Å². The first-order chi connectivity index (χ1) is 8.80. The van der Waals surface area contributed by atoms with Gasteiger partial charge in [0.2, 0.25) is 0 Å². The van der Waals surface area contributed by atoms with Crippen LogP contribution in [-0.4, -0.2) is 18.8 Å². The van der Waals surface area contributed by atoms with Gasteiger partial charge in [-0.15, -0.1) is 11.8 Å². The minimum Gasteiger partial charge on any atom is -0.371 e. The van der Waals surface area contributed by atoms with Gasteiger partial charge in [-0.2, -0.15) is 0 Å². The third kappa shape index (κ3) is 3.21. The van der Waals surface area contributed by atoms with E-state index in [9.17, 15) is 0 Å². The summed E-state index contributed by atoms with van der Waals surface area (Å²) in [6, 6.07) is 6.60. The van der Waals surface area contributed by atoms with Gasteiger partial charge in [0, 0.05) is 35.8 Å².